The molecule has 3 rings (SSSR count). The summed E-state index contributed by atoms with van der Waals surface area (Å²) in [5, 5.41) is 5.89. The number of furan rings is 1. The van der Waals surface area contributed by atoms with E-state index in [0.29, 0.717) is 27.7 Å². The van der Waals surface area contributed by atoms with Gasteiger partial charge in [0.25, 0.3) is 5.91 Å². The average molecular weight is 367 g/mol. The van der Waals surface area contributed by atoms with Crippen molar-refractivity contribution in [2.75, 3.05) is 10.6 Å². The van der Waals surface area contributed by atoms with Crippen LogP contribution in [0.4, 0.5) is 11.4 Å². The second-order valence-corrected chi connectivity index (χ2v) is 5.76. The van der Waals surface area contributed by atoms with Crippen molar-refractivity contribution in [2.45, 2.75) is 0 Å². The van der Waals surface area contributed by atoms with Crippen molar-refractivity contribution in [3.63, 3.8) is 0 Å². The molecule has 0 aliphatic rings. The van der Waals surface area contributed by atoms with Gasteiger partial charge in [0, 0.05) is 17.3 Å². The second-order valence-electron chi connectivity index (χ2n) is 5.35. The first-order valence-corrected chi connectivity index (χ1v) is 8.18. The van der Waals surface area contributed by atoms with Crippen molar-refractivity contribution in [2.24, 2.45) is 0 Å². The van der Waals surface area contributed by atoms with Crippen LogP contribution >= 0.6 is 11.6 Å². The van der Waals surface area contributed by atoms with Gasteiger partial charge >= 0.3 is 0 Å². The average Bonchev–Trinajstić information content (AvgIpc) is 3.16. The van der Waals surface area contributed by atoms with Crippen LogP contribution in [-0.4, -0.2) is 11.8 Å². The highest BCUT2D eigenvalue weighted by Crippen LogP contribution is 2.21. The van der Waals surface area contributed by atoms with E-state index in [1.165, 1.54) is 12.3 Å². The fourth-order valence-corrected chi connectivity index (χ4v) is 2.41. The summed E-state index contributed by atoms with van der Waals surface area (Å²) in [5.74, 6) is -0.0709. The van der Waals surface area contributed by atoms with E-state index >= 15 is 0 Å². The van der Waals surface area contributed by atoms with E-state index in [4.69, 9.17) is 16.0 Å². The third kappa shape index (κ3) is 4.62. The Bertz CT molecular complexity index is 949. The van der Waals surface area contributed by atoms with Gasteiger partial charge in [0.05, 0.1) is 17.0 Å². The molecule has 0 unspecified atom stereocenters. The Hall–Kier alpha value is -3.31. The van der Waals surface area contributed by atoms with Gasteiger partial charge < -0.3 is 15.1 Å². The highest BCUT2D eigenvalue weighted by atomic mass is 35.5. The first kappa shape index (κ1) is 17.5. The van der Waals surface area contributed by atoms with Crippen molar-refractivity contribution in [1.29, 1.82) is 0 Å². The molecule has 2 amide bonds. The van der Waals surface area contributed by atoms with Gasteiger partial charge in [-0.2, -0.15) is 0 Å². The van der Waals surface area contributed by atoms with Crippen LogP contribution in [0, 0.1) is 0 Å². The van der Waals surface area contributed by atoms with Crippen LogP contribution in [-0.2, 0) is 4.79 Å². The Morgan fingerprint density at radius 1 is 0.962 bits per heavy atom. The van der Waals surface area contributed by atoms with Crippen LogP contribution in [0.2, 0.25) is 5.02 Å². The summed E-state index contributed by atoms with van der Waals surface area (Å²) >= 11 is 6.05. The monoisotopic (exact) mass is 366 g/mol. The van der Waals surface area contributed by atoms with E-state index in [1.54, 1.807) is 66.7 Å². The zero-order chi connectivity index (χ0) is 18.4. The van der Waals surface area contributed by atoms with Gasteiger partial charge in [0.15, 0.2) is 0 Å². The predicted molar refractivity (Wildman–Crippen MR) is 102 cm³/mol. The molecular formula is C20H15ClN2O3. The lowest BCUT2D eigenvalue weighted by Gasteiger charge is -2.08. The molecule has 5 nitrogen and oxygen atoms in total. The molecule has 0 bridgehead atoms. The summed E-state index contributed by atoms with van der Waals surface area (Å²) in [4.78, 5) is 24.3. The van der Waals surface area contributed by atoms with E-state index in [0.717, 1.165) is 0 Å². The zero-order valence-electron chi connectivity index (χ0n) is 13.6. The molecule has 2 N–H and O–H groups in total. The Morgan fingerprint density at radius 3 is 2.58 bits per heavy atom. The van der Waals surface area contributed by atoms with Gasteiger partial charge in [-0.1, -0.05) is 29.8 Å². The third-order valence-corrected chi connectivity index (χ3v) is 3.79. The minimum absolute atomic E-state index is 0.319. The van der Waals surface area contributed by atoms with Crippen LogP contribution in [0.3, 0.4) is 0 Å². The molecule has 1 aromatic heterocycles. The number of para-hydroxylation sites is 1. The molecular weight excluding hydrogens is 352 g/mol. The van der Waals surface area contributed by atoms with E-state index in [1.807, 2.05) is 0 Å². The maximum absolute atomic E-state index is 12.4. The fourth-order valence-electron chi connectivity index (χ4n) is 2.22. The Morgan fingerprint density at radius 2 is 1.81 bits per heavy atom. The van der Waals surface area contributed by atoms with Crippen molar-refractivity contribution < 1.29 is 14.0 Å². The molecule has 130 valence electrons. The van der Waals surface area contributed by atoms with Gasteiger partial charge in [0.1, 0.15) is 5.76 Å². The van der Waals surface area contributed by atoms with Crippen LogP contribution < -0.4 is 10.6 Å². The number of hydrogen-bond donors (Lipinski definition) is 2. The van der Waals surface area contributed by atoms with E-state index in [2.05, 4.69) is 10.6 Å². The minimum Gasteiger partial charge on any atom is -0.465 e. The van der Waals surface area contributed by atoms with Crippen molar-refractivity contribution in [3.8, 4) is 0 Å². The van der Waals surface area contributed by atoms with Gasteiger partial charge in [-0.25, -0.2) is 0 Å². The number of carbonyl (C=O) groups excluding carboxylic acids is 2. The smallest absolute Gasteiger partial charge is 0.255 e. The molecule has 0 spiro atoms. The molecule has 0 saturated heterocycles. The van der Waals surface area contributed by atoms with Gasteiger partial charge in [-0.3, -0.25) is 9.59 Å². The summed E-state index contributed by atoms with van der Waals surface area (Å²) in [7, 11) is 0. The lowest BCUT2D eigenvalue weighted by atomic mass is 10.1. The molecule has 6 heteroatoms. The van der Waals surface area contributed by atoms with Crippen LogP contribution in [0.25, 0.3) is 6.08 Å². The summed E-state index contributed by atoms with van der Waals surface area (Å²) in [6.45, 7) is 0. The molecule has 3 aromatic rings. The summed E-state index contributed by atoms with van der Waals surface area (Å²) < 4.78 is 5.12. The molecule has 2 aromatic carbocycles. The van der Waals surface area contributed by atoms with Crippen molar-refractivity contribution in [1.82, 2.24) is 0 Å². The standard InChI is InChI=1S/C20H15ClN2O3/c21-17-8-1-2-9-18(17)23-20(25)14-5-3-6-15(13-14)22-19(24)11-10-16-7-4-12-26-16/h1-13H,(H,22,24)(H,23,25). The van der Waals surface area contributed by atoms with E-state index < -0.39 is 0 Å². The van der Waals surface area contributed by atoms with E-state index in [9.17, 15) is 9.59 Å². The highest BCUT2D eigenvalue weighted by molar-refractivity contribution is 6.33. The maximum atomic E-state index is 12.4. The van der Waals surface area contributed by atoms with Crippen LogP contribution in [0.15, 0.2) is 77.4 Å². The van der Waals surface area contributed by atoms with Gasteiger partial charge in [0.2, 0.25) is 5.91 Å². The summed E-state index contributed by atoms with van der Waals surface area (Å²) in [6, 6.07) is 17.1. The number of anilines is 2. The van der Waals surface area contributed by atoms with Gasteiger partial charge in [-0.15, -0.1) is 0 Å². The van der Waals surface area contributed by atoms with E-state index in [-0.39, 0.29) is 11.8 Å². The number of hydrogen-bond acceptors (Lipinski definition) is 3. The number of benzene rings is 2. The quantitative estimate of drug-likeness (QED) is 0.635. The topological polar surface area (TPSA) is 71.3 Å². The lowest BCUT2D eigenvalue weighted by molar-refractivity contribution is -0.111. The lowest BCUT2D eigenvalue weighted by Crippen LogP contribution is -2.13. The van der Waals surface area contributed by atoms with Crippen LogP contribution in [0.5, 0.6) is 0 Å². The Labute approximate surface area is 155 Å². The molecule has 0 radical (unpaired) electrons. The number of amides is 2. The normalized spacial score (nSPS) is 10.7. The highest BCUT2D eigenvalue weighted by Gasteiger charge is 2.09. The number of nitrogens with one attached hydrogen (secondary N) is 2. The second kappa shape index (κ2) is 8.18. The largest absolute Gasteiger partial charge is 0.465 e. The van der Waals surface area contributed by atoms with Crippen molar-refractivity contribution in [3.05, 3.63) is 89.3 Å². The molecule has 0 atom stereocenters. The Balaban J connectivity index is 1.67. The Kier molecular flexibility index (Phi) is 5.51. The molecule has 0 fully saturated rings. The van der Waals surface area contributed by atoms with Gasteiger partial charge in [-0.05, 0) is 48.5 Å². The summed E-state index contributed by atoms with van der Waals surface area (Å²) in [5.41, 5.74) is 1.43. The molecule has 0 aliphatic carbocycles. The number of rotatable bonds is 5. The van der Waals surface area contributed by atoms with Crippen molar-refractivity contribution >= 4 is 40.9 Å². The molecule has 1 heterocycles. The summed E-state index contributed by atoms with van der Waals surface area (Å²) in [6.07, 6.45) is 4.44. The van der Waals surface area contributed by atoms with Crippen LogP contribution in [0.1, 0.15) is 16.1 Å². The maximum Gasteiger partial charge on any atom is 0.255 e. The predicted octanol–water partition coefficient (Wildman–Crippen LogP) is 4.84. The third-order valence-electron chi connectivity index (χ3n) is 3.46. The fraction of sp³-hybridized carbons (Fsp3) is 0. The minimum atomic E-state index is -0.329. The number of carbonyl (C=O) groups is 2. The number of halogens is 1. The molecule has 0 aliphatic heterocycles. The first-order chi connectivity index (χ1) is 12.6. The SMILES string of the molecule is O=C(C=Cc1ccco1)Nc1cccc(C(=O)Nc2ccccc2Cl)c1. The first-order valence-electron chi connectivity index (χ1n) is 7.80. The zero-order valence-corrected chi connectivity index (χ0v) is 14.4. The molecule has 0 saturated carbocycles. The molecule has 26 heavy (non-hydrogen) atoms.